The second-order valence-electron chi connectivity index (χ2n) is 8.66. The Kier molecular flexibility index (Phi) is 6.96. The molecule has 0 unspecified atom stereocenters. The maximum atomic E-state index is 13.5. The molecule has 196 valence electrons. The number of H-pyrrole nitrogens is 1. The van der Waals surface area contributed by atoms with Crippen LogP contribution in [0.1, 0.15) is 32.7 Å². The number of fused-ring (bicyclic) bond motifs is 1. The van der Waals surface area contributed by atoms with Crippen LogP contribution in [0.5, 0.6) is 0 Å². The van der Waals surface area contributed by atoms with Crippen LogP contribution in [0.4, 0.5) is 18.9 Å². The Balaban J connectivity index is 1.23. The van der Waals surface area contributed by atoms with Gasteiger partial charge in [-0.1, -0.05) is 24.3 Å². The van der Waals surface area contributed by atoms with Crippen LogP contribution >= 0.6 is 0 Å². The second kappa shape index (κ2) is 10.7. The van der Waals surface area contributed by atoms with E-state index in [-0.39, 0.29) is 30.1 Å². The number of imidazole rings is 1. The predicted octanol–water partition coefficient (Wildman–Crippen LogP) is 3.97. The van der Waals surface area contributed by atoms with Gasteiger partial charge in [-0.3, -0.25) is 14.4 Å². The van der Waals surface area contributed by atoms with Crippen LogP contribution in [0.3, 0.4) is 0 Å². The van der Waals surface area contributed by atoms with Crippen LogP contribution in [-0.4, -0.2) is 32.9 Å². The average molecular weight is 531 g/mol. The quantitative estimate of drug-likeness (QED) is 0.248. The van der Waals surface area contributed by atoms with Crippen LogP contribution < -0.4 is 16.2 Å². The van der Waals surface area contributed by atoms with Crippen molar-refractivity contribution in [2.75, 3.05) is 11.9 Å². The van der Waals surface area contributed by atoms with Gasteiger partial charge in [-0.15, -0.1) is 0 Å². The molecule has 5 rings (SSSR count). The Morgan fingerprint density at radius 2 is 1.87 bits per heavy atom. The lowest BCUT2D eigenvalue weighted by Gasteiger charge is -2.09. The van der Waals surface area contributed by atoms with Gasteiger partial charge < -0.3 is 20.2 Å². The van der Waals surface area contributed by atoms with Gasteiger partial charge in [0.2, 0.25) is 0 Å². The third-order valence-corrected chi connectivity index (χ3v) is 6.00. The lowest BCUT2D eigenvalue weighted by atomic mass is 10.0. The van der Waals surface area contributed by atoms with Crippen molar-refractivity contribution in [3.05, 3.63) is 123 Å². The van der Waals surface area contributed by atoms with Gasteiger partial charge in [-0.25, -0.2) is 18.2 Å². The SMILES string of the molecule is O=C1Nc2cc(C=CCNC(=O)c3cccn(Cc4cc(F)c(F)c(F)c4)c3=O)ccc2C1=Cc1cnc[nH]1. The zero-order chi connectivity index (χ0) is 27.5. The number of nitrogens with zero attached hydrogens (tertiary/aromatic N) is 2. The van der Waals surface area contributed by atoms with Crippen molar-refractivity contribution in [2.24, 2.45) is 0 Å². The minimum absolute atomic E-state index is 0.0310. The molecule has 0 atom stereocenters. The van der Waals surface area contributed by atoms with Crippen LogP contribution in [0.15, 0.2) is 72.1 Å². The van der Waals surface area contributed by atoms with Gasteiger partial charge in [0.25, 0.3) is 17.4 Å². The van der Waals surface area contributed by atoms with E-state index in [1.807, 2.05) is 12.1 Å². The number of pyridine rings is 1. The molecule has 0 radical (unpaired) electrons. The number of benzene rings is 2. The molecule has 2 amide bonds. The van der Waals surface area contributed by atoms with E-state index >= 15 is 0 Å². The summed E-state index contributed by atoms with van der Waals surface area (Å²) in [7, 11) is 0. The number of aromatic amines is 1. The predicted molar refractivity (Wildman–Crippen MR) is 139 cm³/mol. The highest BCUT2D eigenvalue weighted by Gasteiger charge is 2.24. The number of rotatable bonds is 7. The van der Waals surface area contributed by atoms with Crippen molar-refractivity contribution < 1.29 is 22.8 Å². The number of hydrogen-bond donors (Lipinski definition) is 3. The lowest BCUT2D eigenvalue weighted by molar-refractivity contribution is -0.110. The first-order valence-electron chi connectivity index (χ1n) is 11.7. The summed E-state index contributed by atoms with van der Waals surface area (Å²) in [5.74, 6) is -5.18. The fraction of sp³-hybridized carbons (Fsp3) is 0.0714. The molecule has 4 aromatic rings. The summed E-state index contributed by atoms with van der Waals surface area (Å²) in [6.07, 6.45) is 9.65. The number of carbonyl (C=O) groups excluding carboxylic acids is 2. The Labute approximate surface area is 219 Å². The highest BCUT2D eigenvalue weighted by Crippen LogP contribution is 2.33. The van der Waals surface area contributed by atoms with Gasteiger partial charge in [0.15, 0.2) is 17.5 Å². The summed E-state index contributed by atoms with van der Waals surface area (Å²) < 4.78 is 41.3. The van der Waals surface area contributed by atoms with E-state index in [1.54, 1.807) is 30.5 Å². The molecule has 3 N–H and O–H groups in total. The largest absolute Gasteiger partial charge is 0.348 e. The van der Waals surface area contributed by atoms with Crippen molar-refractivity contribution >= 4 is 35.2 Å². The molecule has 1 aliphatic heterocycles. The molecule has 0 bridgehead atoms. The molecule has 0 saturated heterocycles. The maximum Gasteiger partial charge on any atom is 0.263 e. The Bertz CT molecular complexity index is 1680. The average Bonchev–Trinajstić information content (AvgIpc) is 3.53. The van der Waals surface area contributed by atoms with Crippen LogP contribution in [-0.2, 0) is 11.3 Å². The molecule has 8 nitrogen and oxygen atoms in total. The number of halogens is 3. The normalized spacial score (nSPS) is 13.6. The van der Waals surface area contributed by atoms with Crippen molar-refractivity contribution in [1.29, 1.82) is 0 Å². The highest BCUT2D eigenvalue weighted by atomic mass is 19.2. The summed E-state index contributed by atoms with van der Waals surface area (Å²) in [5, 5.41) is 5.45. The van der Waals surface area contributed by atoms with Crippen molar-refractivity contribution in [2.45, 2.75) is 6.54 Å². The van der Waals surface area contributed by atoms with Gasteiger partial charge in [0.1, 0.15) is 5.56 Å². The molecule has 0 spiro atoms. The zero-order valence-corrected chi connectivity index (χ0v) is 20.2. The molecule has 2 aromatic heterocycles. The Morgan fingerprint density at radius 1 is 1.08 bits per heavy atom. The van der Waals surface area contributed by atoms with Gasteiger partial charge in [-0.2, -0.15) is 0 Å². The summed E-state index contributed by atoms with van der Waals surface area (Å²) in [6.45, 7) is -0.141. The third-order valence-electron chi connectivity index (χ3n) is 6.00. The monoisotopic (exact) mass is 531 g/mol. The number of amides is 2. The lowest BCUT2D eigenvalue weighted by Crippen LogP contribution is -2.33. The van der Waals surface area contributed by atoms with Gasteiger partial charge >= 0.3 is 0 Å². The van der Waals surface area contributed by atoms with Crippen LogP contribution in [0, 0.1) is 17.5 Å². The fourth-order valence-corrected chi connectivity index (χ4v) is 4.13. The molecule has 2 aromatic carbocycles. The van der Waals surface area contributed by atoms with E-state index in [0.717, 1.165) is 27.8 Å². The molecule has 1 aliphatic rings. The molecule has 11 heteroatoms. The first-order valence-corrected chi connectivity index (χ1v) is 11.7. The number of aromatic nitrogens is 3. The van der Waals surface area contributed by atoms with Gasteiger partial charge in [0, 0.05) is 24.0 Å². The molecule has 0 aliphatic carbocycles. The summed E-state index contributed by atoms with van der Waals surface area (Å²) in [6, 6.07) is 9.83. The van der Waals surface area contributed by atoms with Crippen molar-refractivity contribution in [1.82, 2.24) is 19.9 Å². The van der Waals surface area contributed by atoms with E-state index in [1.165, 1.54) is 24.7 Å². The Morgan fingerprint density at radius 3 is 2.62 bits per heavy atom. The number of hydrogen-bond acceptors (Lipinski definition) is 4. The van der Waals surface area contributed by atoms with E-state index in [4.69, 9.17) is 0 Å². The summed E-state index contributed by atoms with van der Waals surface area (Å²) in [5.41, 5.74) is 2.62. The molecule has 39 heavy (non-hydrogen) atoms. The van der Waals surface area contributed by atoms with Crippen molar-refractivity contribution in [3.8, 4) is 0 Å². The molecular weight excluding hydrogens is 511 g/mol. The van der Waals surface area contributed by atoms with Crippen LogP contribution in [0.25, 0.3) is 17.7 Å². The molecule has 0 fully saturated rings. The highest BCUT2D eigenvalue weighted by molar-refractivity contribution is 6.34. The van der Waals surface area contributed by atoms with E-state index in [9.17, 15) is 27.6 Å². The molecular formula is C28H20F3N5O3. The minimum atomic E-state index is -1.59. The first kappa shape index (κ1) is 25.5. The van der Waals surface area contributed by atoms with Crippen molar-refractivity contribution in [3.63, 3.8) is 0 Å². The van der Waals surface area contributed by atoms with Crippen LogP contribution in [0.2, 0.25) is 0 Å². The minimum Gasteiger partial charge on any atom is -0.348 e. The molecule has 3 heterocycles. The van der Waals surface area contributed by atoms with Gasteiger partial charge in [0.05, 0.1) is 30.3 Å². The van der Waals surface area contributed by atoms with E-state index in [0.29, 0.717) is 17.0 Å². The topological polar surface area (TPSA) is 109 Å². The number of nitrogens with one attached hydrogen (secondary N) is 3. The number of anilines is 1. The summed E-state index contributed by atoms with van der Waals surface area (Å²) in [4.78, 5) is 44.6. The van der Waals surface area contributed by atoms with E-state index < -0.39 is 28.9 Å². The molecule has 0 saturated carbocycles. The Hall–Kier alpha value is -5.19. The third kappa shape index (κ3) is 5.42. The zero-order valence-electron chi connectivity index (χ0n) is 20.2. The fourth-order valence-electron chi connectivity index (χ4n) is 4.13. The standard InChI is InChI=1S/C28H20F3N5O3/c29-22-9-17(10-23(30)25(22)31)14-36-8-2-4-20(28(36)39)26(37)33-7-1-3-16-5-6-19-21(12-18-13-32-15-34-18)27(38)35-24(19)11-16/h1-6,8-13,15H,7,14H2,(H,32,34)(H,33,37)(H,35,38). The maximum absolute atomic E-state index is 13.5. The number of carbonyl (C=O) groups is 2. The first-order chi connectivity index (χ1) is 18.8. The smallest absolute Gasteiger partial charge is 0.263 e. The van der Waals surface area contributed by atoms with E-state index in [2.05, 4.69) is 20.6 Å². The second-order valence-corrected chi connectivity index (χ2v) is 8.66. The summed E-state index contributed by atoms with van der Waals surface area (Å²) >= 11 is 0. The van der Waals surface area contributed by atoms with Gasteiger partial charge in [-0.05, 0) is 47.5 Å².